The average Bonchev–Trinajstić information content (AvgIpc) is 2.70. The number of hydrogen-bond donors (Lipinski definition) is 1. The van der Waals surface area contributed by atoms with Crippen LogP contribution < -0.4 is 5.73 Å². The number of nitrogen functional groups attached to an aromatic ring is 1. The van der Waals surface area contributed by atoms with Crippen molar-refractivity contribution in [3.63, 3.8) is 0 Å². The van der Waals surface area contributed by atoms with Crippen LogP contribution in [0.1, 0.15) is 23.6 Å². The van der Waals surface area contributed by atoms with Crippen LogP contribution in [-0.4, -0.2) is 9.78 Å². The molecule has 0 saturated carbocycles. The van der Waals surface area contributed by atoms with E-state index in [1.807, 2.05) is 10.9 Å². The van der Waals surface area contributed by atoms with Gasteiger partial charge in [0.2, 0.25) is 0 Å². The number of aryl methyl sites for hydroxylation is 1. The summed E-state index contributed by atoms with van der Waals surface area (Å²) < 4.78 is 3.03. The third kappa shape index (κ3) is 1.94. The van der Waals surface area contributed by atoms with E-state index < -0.39 is 0 Å². The van der Waals surface area contributed by atoms with Crippen molar-refractivity contribution < 1.29 is 0 Å². The first-order valence-corrected chi connectivity index (χ1v) is 6.89. The molecule has 1 aliphatic carbocycles. The van der Waals surface area contributed by atoms with E-state index in [1.165, 1.54) is 11.1 Å². The zero-order chi connectivity index (χ0) is 11.8. The number of nitrogens with two attached hydrogens (primary N) is 1. The minimum atomic E-state index is 0.411. The summed E-state index contributed by atoms with van der Waals surface area (Å²) in [6.45, 7) is 0. The molecule has 1 aromatic carbocycles. The number of rotatable bonds is 1. The molecular formula is C13H14IN3. The average molecular weight is 339 g/mol. The molecule has 0 amide bonds. The SMILES string of the molecule is Nc1c(I)cnn1C1CCc2ccccc2C1. The van der Waals surface area contributed by atoms with Gasteiger partial charge >= 0.3 is 0 Å². The van der Waals surface area contributed by atoms with Crippen LogP contribution in [0.4, 0.5) is 5.82 Å². The zero-order valence-electron chi connectivity index (χ0n) is 9.44. The monoisotopic (exact) mass is 339 g/mol. The van der Waals surface area contributed by atoms with Crippen molar-refractivity contribution in [1.82, 2.24) is 9.78 Å². The lowest BCUT2D eigenvalue weighted by Gasteiger charge is -2.25. The first-order valence-electron chi connectivity index (χ1n) is 5.81. The summed E-state index contributed by atoms with van der Waals surface area (Å²) in [6, 6.07) is 9.07. The lowest BCUT2D eigenvalue weighted by Crippen LogP contribution is -2.21. The van der Waals surface area contributed by atoms with Gasteiger partial charge in [0.25, 0.3) is 0 Å². The molecule has 0 spiro atoms. The summed E-state index contributed by atoms with van der Waals surface area (Å²) in [5.41, 5.74) is 8.96. The van der Waals surface area contributed by atoms with Crippen LogP contribution in [0.3, 0.4) is 0 Å². The van der Waals surface area contributed by atoms with E-state index in [0.717, 1.165) is 28.7 Å². The number of hydrogen-bond acceptors (Lipinski definition) is 2. The standard InChI is InChI=1S/C13H14IN3/c14-12-8-16-17(13(12)15)11-6-5-9-3-1-2-4-10(9)7-11/h1-4,8,11H,5-7,15H2. The maximum absolute atomic E-state index is 6.05. The highest BCUT2D eigenvalue weighted by molar-refractivity contribution is 14.1. The molecule has 2 aromatic rings. The van der Waals surface area contributed by atoms with Gasteiger partial charge in [-0.05, 0) is 53.0 Å². The number of halogens is 1. The number of anilines is 1. The lowest BCUT2D eigenvalue weighted by molar-refractivity contribution is 0.410. The van der Waals surface area contributed by atoms with Crippen LogP contribution >= 0.6 is 22.6 Å². The molecule has 1 atom stereocenters. The van der Waals surface area contributed by atoms with E-state index in [4.69, 9.17) is 5.73 Å². The summed E-state index contributed by atoms with van der Waals surface area (Å²) in [5.74, 6) is 0.801. The highest BCUT2D eigenvalue weighted by Gasteiger charge is 2.22. The molecule has 0 fully saturated rings. The Morgan fingerprint density at radius 2 is 2.06 bits per heavy atom. The summed E-state index contributed by atoms with van der Waals surface area (Å²) in [4.78, 5) is 0. The van der Waals surface area contributed by atoms with Gasteiger partial charge in [-0.3, -0.25) is 0 Å². The molecule has 0 saturated heterocycles. The van der Waals surface area contributed by atoms with Crippen LogP contribution in [0.2, 0.25) is 0 Å². The second kappa shape index (κ2) is 4.33. The van der Waals surface area contributed by atoms with Crippen LogP contribution in [-0.2, 0) is 12.8 Å². The number of aromatic nitrogens is 2. The Labute approximate surface area is 114 Å². The summed E-state index contributed by atoms with van der Waals surface area (Å²) in [5, 5.41) is 4.40. The number of fused-ring (bicyclic) bond motifs is 1. The van der Waals surface area contributed by atoms with Crippen LogP contribution in [0, 0.1) is 3.57 Å². The second-order valence-electron chi connectivity index (χ2n) is 4.49. The van der Waals surface area contributed by atoms with Gasteiger partial charge in [0.05, 0.1) is 15.8 Å². The lowest BCUT2D eigenvalue weighted by atomic mass is 9.88. The topological polar surface area (TPSA) is 43.8 Å². The normalized spacial score (nSPS) is 19.0. The summed E-state index contributed by atoms with van der Waals surface area (Å²) >= 11 is 2.23. The Bertz CT molecular complexity index is 547. The molecule has 3 rings (SSSR count). The first-order chi connectivity index (χ1) is 8.25. The van der Waals surface area contributed by atoms with Gasteiger partial charge in [-0.1, -0.05) is 24.3 Å². The van der Waals surface area contributed by atoms with E-state index in [0.29, 0.717) is 6.04 Å². The Kier molecular flexibility index (Phi) is 2.82. The van der Waals surface area contributed by atoms with E-state index in [9.17, 15) is 0 Å². The smallest absolute Gasteiger partial charge is 0.135 e. The Morgan fingerprint density at radius 3 is 2.76 bits per heavy atom. The molecule has 0 radical (unpaired) electrons. The zero-order valence-corrected chi connectivity index (χ0v) is 11.6. The molecule has 0 aliphatic heterocycles. The fourth-order valence-electron chi connectivity index (χ4n) is 2.53. The molecule has 0 bridgehead atoms. The molecule has 1 aliphatic rings. The highest BCUT2D eigenvalue weighted by atomic mass is 127. The summed E-state index contributed by atoms with van der Waals surface area (Å²) in [6.07, 6.45) is 5.13. The first kappa shape index (κ1) is 11.1. The van der Waals surface area contributed by atoms with Crippen LogP contribution in [0.5, 0.6) is 0 Å². The molecule has 2 N–H and O–H groups in total. The Hall–Kier alpha value is -1.04. The predicted molar refractivity (Wildman–Crippen MR) is 76.9 cm³/mol. The largest absolute Gasteiger partial charge is 0.383 e. The quantitative estimate of drug-likeness (QED) is 0.812. The predicted octanol–water partition coefficient (Wildman–Crippen LogP) is 2.80. The van der Waals surface area contributed by atoms with Gasteiger partial charge < -0.3 is 5.73 Å². The molecule has 1 heterocycles. The fraction of sp³-hybridized carbons (Fsp3) is 0.308. The number of nitrogens with zero attached hydrogens (tertiary/aromatic N) is 2. The fourth-order valence-corrected chi connectivity index (χ4v) is 2.90. The molecule has 1 aromatic heterocycles. The van der Waals surface area contributed by atoms with Gasteiger partial charge in [-0.2, -0.15) is 5.10 Å². The third-order valence-corrected chi connectivity index (χ3v) is 4.28. The molecule has 17 heavy (non-hydrogen) atoms. The summed E-state index contributed by atoms with van der Waals surface area (Å²) in [7, 11) is 0. The van der Waals surface area contributed by atoms with Crippen molar-refractivity contribution in [2.24, 2.45) is 0 Å². The number of benzene rings is 1. The maximum Gasteiger partial charge on any atom is 0.135 e. The molecule has 4 heteroatoms. The van der Waals surface area contributed by atoms with Crippen LogP contribution in [0.25, 0.3) is 0 Å². The van der Waals surface area contributed by atoms with E-state index in [1.54, 1.807) is 0 Å². The third-order valence-electron chi connectivity index (χ3n) is 3.45. The minimum Gasteiger partial charge on any atom is -0.383 e. The van der Waals surface area contributed by atoms with Crippen molar-refractivity contribution >= 4 is 28.4 Å². The van der Waals surface area contributed by atoms with E-state index in [2.05, 4.69) is 52.0 Å². The van der Waals surface area contributed by atoms with Crippen LogP contribution in [0.15, 0.2) is 30.5 Å². The van der Waals surface area contributed by atoms with Crippen molar-refractivity contribution in [1.29, 1.82) is 0 Å². The van der Waals surface area contributed by atoms with Gasteiger partial charge in [0, 0.05) is 0 Å². The minimum absolute atomic E-state index is 0.411. The highest BCUT2D eigenvalue weighted by Crippen LogP contribution is 2.30. The van der Waals surface area contributed by atoms with E-state index in [-0.39, 0.29) is 0 Å². The molecule has 1 unspecified atom stereocenters. The van der Waals surface area contributed by atoms with Gasteiger partial charge in [0.1, 0.15) is 5.82 Å². The van der Waals surface area contributed by atoms with Crippen molar-refractivity contribution in [2.45, 2.75) is 25.3 Å². The molecule has 3 nitrogen and oxygen atoms in total. The van der Waals surface area contributed by atoms with E-state index >= 15 is 0 Å². The van der Waals surface area contributed by atoms with Crippen molar-refractivity contribution in [3.05, 3.63) is 45.2 Å². The molecular weight excluding hydrogens is 325 g/mol. The second-order valence-corrected chi connectivity index (χ2v) is 5.65. The van der Waals surface area contributed by atoms with Gasteiger partial charge in [-0.25, -0.2) is 4.68 Å². The Balaban J connectivity index is 1.92. The van der Waals surface area contributed by atoms with Crippen molar-refractivity contribution in [3.8, 4) is 0 Å². The molecule has 88 valence electrons. The van der Waals surface area contributed by atoms with Gasteiger partial charge in [-0.15, -0.1) is 0 Å². The Morgan fingerprint density at radius 1 is 1.29 bits per heavy atom. The van der Waals surface area contributed by atoms with Gasteiger partial charge in [0.15, 0.2) is 0 Å². The maximum atomic E-state index is 6.05. The van der Waals surface area contributed by atoms with Crippen molar-refractivity contribution in [2.75, 3.05) is 5.73 Å².